The van der Waals surface area contributed by atoms with E-state index in [4.69, 9.17) is 14.6 Å². The van der Waals surface area contributed by atoms with E-state index in [1.807, 2.05) is 0 Å². The van der Waals surface area contributed by atoms with Crippen LogP contribution in [0.5, 0.6) is 0 Å². The summed E-state index contributed by atoms with van der Waals surface area (Å²) >= 11 is 3.90. The van der Waals surface area contributed by atoms with Crippen LogP contribution in [0.4, 0.5) is 0 Å². The van der Waals surface area contributed by atoms with Crippen LogP contribution in [0, 0.1) is 11.8 Å². The largest absolute Gasteiger partial charge is 0.481 e. The third kappa shape index (κ3) is 13.4. The standard InChI is InChI=1S/C30H43N3O12S/c1-15(2)25(38)24(27(39)31-19(14-46)29(41)42)33-28(40)26(16(3)4)45-30(43)23(17(5)44-22(37)12-11-21(35)36)32-20(34)13-18-9-7-6-8-10-18/h6-10,15-17,19,23-26,38,46H,11-14H2,1-5H3,(H,31,39)(H,32,34)(H,33,40)(H,35,36)(H,41,42)/t17-,19-,23+,24-,25-,26-/m0/s1. The first-order chi connectivity index (χ1) is 21.5. The lowest BCUT2D eigenvalue weighted by Gasteiger charge is -2.30. The number of rotatable bonds is 19. The molecule has 0 aliphatic carbocycles. The van der Waals surface area contributed by atoms with Gasteiger partial charge in [0.25, 0.3) is 5.91 Å². The fraction of sp³-hybridized carbons (Fsp3) is 0.567. The maximum Gasteiger partial charge on any atom is 0.333 e. The smallest absolute Gasteiger partial charge is 0.333 e. The van der Waals surface area contributed by atoms with Crippen molar-refractivity contribution in [2.75, 3.05) is 5.75 Å². The molecule has 0 bridgehead atoms. The predicted molar refractivity (Wildman–Crippen MR) is 165 cm³/mol. The quantitative estimate of drug-likeness (QED) is 0.0766. The molecule has 0 aliphatic heterocycles. The summed E-state index contributed by atoms with van der Waals surface area (Å²) in [5, 5.41) is 35.8. The van der Waals surface area contributed by atoms with E-state index in [-0.39, 0.29) is 12.2 Å². The molecule has 0 unspecified atom stereocenters. The third-order valence-electron chi connectivity index (χ3n) is 6.62. The lowest BCUT2D eigenvalue weighted by molar-refractivity contribution is -0.168. The molecule has 0 aromatic heterocycles. The number of carbonyl (C=O) groups excluding carboxylic acids is 5. The molecule has 0 saturated heterocycles. The molecule has 6 N–H and O–H groups in total. The van der Waals surface area contributed by atoms with E-state index in [0.717, 1.165) is 0 Å². The van der Waals surface area contributed by atoms with Gasteiger partial charge >= 0.3 is 23.9 Å². The van der Waals surface area contributed by atoms with Crippen molar-refractivity contribution >= 4 is 54.2 Å². The van der Waals surface area contributed by atoms with Crippen LogP contribution in [0.3, 0.4) is 0 Å². The lowest BCUT2D eigenvalue weighted by Crippen LogP contribution is -2.60. The molecule has 256 valence electrons. The SMILES string of the molecule is CC(C)[C@H](OC(=O)[C@H](NC(=O)Cc1ccccc1)[C@H](C)OC(=O)CCC(=O)O)C(=O)N[C@H](C(=O)N[C@@H](CS)C(=O)O)[C@@H](O)C(C)C. The number of carbonyl (C=O) groups is 7. The number of carboxylic acid groups (broad SMARTS) is 2. The number of esters is 2. The van der Waals surface area contributed by atoms with Crippen LogP contribution < -0.4 is 16.0 Å². The zero-order chi connectivity index (χ0) is 35.1. The number of ether oxygens (including phenoxy) is 2. The molecule has 0 radical (unpaired) electrons. The highest BCUT2D eigenvalue weighted by atomic mass is 32.1. The minimum atomic E-state index is -1.65. The molecule has 1 aromatic carbocycles. The summed E-state index contributed by atoms with van der Waals surface area (Å²) in [6.07, 6.45) is -5.63. The van der Waals surface area contributed by atoms with E-state index in [0.29, 0.717) is 5.56 Å². The number of hydrogen-bond donors (Lipinski definition) is 7. The minimum Gasteiger partial charge on any atom is -0.481 e. The Morgan fingerprint density at radius 2 is 1.39 bits per heavy atom. The van der Waals surface area contributed by atoms with Gasteiger partial charge in [-0.15, -0.1) is 0 Å². The molecule has 0 spiro atoms. The van der Waals surface area contributed by atoms with Crippen molar-refractivity contribution in [3.05, 3.63) is 35.9 Å². The lowest BCUT2D eigenvalue weighted by atomic mass is 9.97. The molecular weight excluding hydrogens is 626 g/mol. The maximum absolute atomic E-state index is 13.5. The number of amides is 3. The first kappa shape index (κ1) is 39.8. The zero-order valence-corrected chi connectivity index (χ0v) is 27.2. The molecule has 15 nitrogen and oxygen atoms in total. The second-order valence-corrected chi connectivity index (χ2v) is 11.6. The van der Waals surface area contributed by atoms with Gasteiger partial charge in [-0.25, -0.2) is 9.59 Å². The fourth-order valence-electron chi connectivity index (χ4n) is 3.98. The van der Waals surface area contributed by atoms with E-state index in [9.17, 15) is 43.8 Å². The van der Waals surface area contributed by atoms with Crippen molar-refractivity contribution in [1.82, 2.24) is 16.0 Å². The Kier molecular flexibility index (Phi) is 16.8. The monoisotopic (exact) mass is 669 g/mol. The average molecular weight is 670 g/mol. The van der Waals surface area contributed by atoms with Crippen LogP contribution in [0.25, 0.3) is 0 Å². The Labute approximate surface area is 272 Å². The first-order valence-electron chi connectivity index (χ1n) is 14.6. The molecule has 0 heterocycles. The second kappa shape index (κ2) is 19.4. The Morgan fingerprint density at radius 3 is 1.89 bits per heavy atom. The highest BCUT2D eigenvalue weighted by Crippen LogP contribution is 2.15. The second-order valence-electron chi connectivity index (χ2n) is 11.2. The summed E-state index contributed by atoms with van der Waals surface area (Å²) in [5.41, 5.74) is 0.605. The molecule has 3 amide bonds. The Morgan fingerprint density at radius 1 is 0.783 bits per heavy atom. The van der Waals surface area contributed by atoms with E-state index in [2.05, 4.69) is 28.6 Å². The van der Waals surface area contributed by atoms with Crippen LogP contribution >= 0.6 is 12.6 Å². The Balaban J connectivity index is 3.26. The van der Waals surface area contributed by atoms with E-state index in [1.54, 1.807) is 44.2 Å². The van der Waals surface area contributed by atoms with Gasteiger partial charge in [0.05, 0.1) is 25.4 Å². The minimum absolute atomic E-state index is 0.161. The van der Waals surface area contributed by atoms with Crippen molar-refractivity contribution < 1.29 is 58.4 Å². The molecule has 16 heteroatoms. The molecule has 46 heavy (non-hydrogen) atoms. The number of benzene rings is 1. The molecule has 1 rings (SSSR count). The van der Waals surface area contributed by atoms with Crippen LogP contribution in [-0.2, 0) is 49.5 Å². The first-order valence-corrected chi connectivity index (χ1v) is 15.2. The molecule has 0 fully saturated rings. The summed E-state index contributed by atoms with van der Waals surface area (Å²) in [7, 11) is 0. The van der Waals surface area contributed by atoms with Crippen LogP contribution in [0.1, 0.15) is 53.0 Å². The number of thiol groups is 1. The van der Waals surface area contributed by atoms with Crippen LogP contribution in [0.15, 0.2) is 30.3 Å². The van der Waals surface area contributed by atoms with Gasteiger partial charge in [-0.05, 0) is 24.3 Å². The van der Waals surface area contributed by atoms with Crippen LogP contribution in [0.2, 0.25) is 0 Å². The van der Waals surface area contributed by atoms with Gasteiger partial charge < -0.3 is 40.7 Å². The van der Waals surface area contributed by atoms with E-state index in [1.165, 1.54) is 20.8 Å². The summed E-state index contributed by atoms with van der Waals surface area (Å²) in [4.78, 5) is 87.2. The van der Waals surface area contributed by atoms with Crippen LogP contribution in [-0.4, -0.2) is 99.1 Å². The Bertz CT molecular complexity index is 1230. The van der Waals surface area contributed by atoms with Gasteiger partial charge in [0.1, 0.15) is 18.2 Å². The molecule has 0 saturated carbocycles. The van der Waals surface area contributed by atoms with Gasteiger partial charge in [0.2, 0.25) is 11.8 Å². The third-order valence-corrected chi connectivity index (χ3v) is 6.98. The van der Waals surface area contributed by atoms with Crippen molar-refractivity contribution in [3.8, 4) is 0 Å². The highest BCUT2D eigenvalue weighted by molar-refractivity contribution is 7.80. The fourth-order valence-corrected chi connectivity index (χ4v) is 4.23. The van der Waals surface area contributed by atoms with Gasteiger partial charge in [-0.3, -0.25) is 24.0 Å². The van der Waals surface area contributed by atoms with Crippen molar-refractivity contribution in [2.45, 2.75) is 90.3 Å². The zero-order valence-electron chi connectivity index (χ0n) is 26.3. The van der Waals surface area contributed by atoms with Gasteiger partial charge in [-0.2, -0.15) is 12.6 Å². The maximum atomic E-state index is 13.5. The number of aliphatic hydroxyl groups excluding tert-OH is 1. The van der Waals surface area contributed by atoms with E-state index >= 15 is 0 Å². The summed E-state index contributed by atoms with van der Waals surface area (Å²) in [6.45, 7) is 7.44. The summed E-state index contributed by atoms with van der Waals surface area (Å²) in [5.74, 6) is -9.03. The normalized spacial score (nSPS) is 15.0. The highest BCUT2D eigenvalue weighted by Gasteiger charge is 2.39. The Hall–Kier alpha value is -4.18. The number of hydrogen-bond acceptors (Lipinski definition) is 11. The van der Waals surface area contributed by atoms with Gasteiger partial charge in [0.15, 0.2) is 12.1 Å². The molecule has 6 atom stereocenters. The van der Waals surface area contributed by atoms with E-state index < -0.39 is 103 Å². The summed E-state index contributed by atoms with van der Waals surface area (Å²) in [6, 6.07) is 3.80. The summed E-state index contributed by atoms with van der Waals surface area (Å²) < 4.78 is 10.7. The molecule has 0 aliphatic rings. The van der Waals surface area contributed by atoms with Gasteiger partial charge in [-0.1, -0.05) is 58.0 Å². The topological polar surface area (TPSA) is 235 Å². The molecular formula is C30H43N3O12S. The van der Waals surface area contributed by atoms with Crippen molar-refractivity contribution in [1.29, 1.82) is 0 Å². The van der Waals surface area contributed by atoms with Gasteiger partial charge in [0, 0.05) is 5.75 Å². The van der Waals surface area contributed by atoms with Crippen molar-refractivity contribution in [3.63, 3.8) is 0 Å². The number of aliphatic hydroxyl groups is 1. The number of carboxylic acids is 2. The van der Waals surface area contributed by atoms with Crippen molar-refractivity contribution in [2.24, 2.45) is 11.8 Å². The average Bonchev–Trinajstić information content (AvgIpc) is 2.98. The number of aliphatic carboxylic acids is 2. The number of nitrogens with one attached hydrogen (secondary N) is 3. The molecule has 1 aromatic rings. The predicted octanol–water partition coefficient (Wildman–Crippen LogP) is 0.0791.